The average Bonchev–Trinajstić information content (AvgIpc) is 2.34. The number of aliphatic hydroxyl groups is 1. The molecule has 1 unspecified atom stereocenters. The molecule has 1 aromatic carbocycles. The molecule has 0 aliphatic carbocycles. The molecule has 0 saturated carbocycles. The zero-order valence-corrected chi connectivity index (χ0v) is 12.2. The third-order valence-electron chi connectivity index (χ3n) is 2.63. The van der Waals surface area contributed by atoms with Crippen LogP contribution in [0.15, 0.2) is 24.3 Å². The zero-order chi connectivity index (χ0) is 14.3. The average molecular weight is 302 g/mol. The summed E-state index contributed by atoms with van der Waals surface area (Å²) in [5, 5.41) is 12.7. The number of carbonyl (C=O) groups is 1. The molecule has 5 heteroatoms. The molecule has 0 aromatic heterocycles. The molecule has 2 N–H and O–H groups in total. The van der Waals surface area contributed by atoms with Crippen molar-refractivity contribution >= 4 is 35.2 Å². The summed E-state index contributed by atoms with van der Waals surface area (Å²) in [6.07, 6.45) is 4.42. The Morgan fingerprint density at radius 1 is 1.37 bits per heavy atom. The van der Waals surface area contributed by atoms with Gasteiger partial charge in [0.1, 0.15) is 0 Å². The van der Waals surface area contributed by atoms with E-state index in [0.29, 0.717) is 16.5 Å². The Morgan fingerprint density at radius 2 is 2.00 bits per heavy atom. The maximum Gasteiger partial charge on any atom is 0.244 e. The largest absolute Gasteiger partial charge is 0.396 e. The quantitative estimate of drug-likeness (QED) is 0.792. The number of hydrogen-bond donors (Lipinski definition) is 2. The van der Waals surface area contributed by atoms with Gasteiger partial charge >= 0.3 is 0 Å². The van der Waals surface area contributed by atoms with E-state index in [4.69, 9.17) is 28.3 Å². The van der Waals surface area contributed by atoms with Crippen LogP contribution in [-0.2, 0) is 4.79 Å². The molecule has 0 aliphatic heterocycles. The Hall–Kier alpha value is -1.03. The van der Waals surface area contributed by atoms with Crippen LogP contribution in [-0.4, -0.2) is 23.7 Å². The van der Waals surface area contributed by atoms with Crippen molar-refractivity contribution in [2.24, 2.45) is 0 Å². The molecule has 1 rings (SSSR count). The van der Waals surface area contributed by atoms with Gasteiger partial charge in [-0.25, -0.2) is 0 Å². The van der Waals surface area contributed by atoms with Crippen molar-refractivity contribution < 1.29 is 9.90 Å². The second kappa shape index (κ2) is 8.20. The lowest BCUT2D eigenvalue weighted by molar-refractivity contribution is -0.117. The van der Waals surface area contributed by atoms with Gasteiger partial charge in [0.25, 0.3) is 0 Å². The fourth-order valence-corrected chi connectivity index (χ4v) is 2.17. The third kappa shape index (κ3) is 6.10. The van der Waals surface area contributed by atoms with Crippen LogP contribution < -0.4 is 5.32 Å². The lowest BCUT2D eigenvalue weighted by Crippen LogP contribution is -2.33. The number of hydrogen-bond acceptors (Lipinski definition) is 2. The minimum absolute atomic E-state index is 0.00917. The molecule has 1 amide bonds. The van der Waals surface area contributed by atoms with E-state index in [1.807, 2.05) is 6.92 Å². The molecule has 0 bridgehead atoms. The Balaban J connectivity index is 2.62. The number of amides is 1. The smallest absolute Gasteiger partial charge is 0.244 e. The molecule has 1 atom stereocenters. The molecule has 0 heterocycles. The molecular formula is C14H17Cl2NO2. The molecule has 3 nitrogen and oxygen atoms in total. The van der Waals surface area contributed by atoms with Gasteiger partial charge in [-0.2, -0.15) is 0 Å². The highest BCUT2D eigenvalue weighted by atomic mass is 35.5. The first kappa shape index (κ1) is 16.0. The van der Waals surface area contributed by atoms with Crippen LogP contribution in [0.5, 0.6) is 0 Å². The van der Waals surface area contributed by atoms with Crippen molar-refractivity contribution in [2.45, 2.75) is 25.8 Å². The highest BCUT2D eigenvalue weighted by Gasteiger charge is 2.07. The highest BCUT2D eigenvalue weighted by molar-refractivity contribution is 6.34. The maximum absolute atomic E-state index is 11.7. The Labute approximate surface area is 123 Å². The first-order valence-corrected chi connectivity index (χ1v) is 6.86. The van der Waals surface area contributed by atoms with Gasteiger partial charge in [0.2, 0.25) is 5.91 Å². The lowest BCUT2D eigenvalue weighted by Gasteiger charge is -2.13. The predicted molar refractivity (Wildman–Crippen MR) is 79.4 cm³/mol. The van der Waals surface area contributed by atoms with E-state index >= 15 is 0 Å². The molecule has 0 spiro atoms. The van der Waals surface area contributed by atoms with Gasteiger partial charge < -0.3 is 10.4 Å². The summed E-state index contributed by atoms with van der Waals surface area (Å²) in [6.45, 7) is 2.02. The van der Waals surface area contributed by atoms with E-state index < -0.39 is 0 Å². The first-order chi connectivity index (χ1) is 9.05. The number of aliphatic hydroxyl groups excluding tert-OH is 1. The van der Waals surface area contributed by atoms with Gasteiger partial charge in [0, 0.05) is 28.8 Å². The topological polar surface area (TPSA) is 49.3 Å². The van der Waals surface area contributed by atoms with Crippen molar-refractivity contribution in [1.82, 2.24) is 5.32 Å². The van der Waals surface area contributed by atoms with E-state index in [1.54, 1.807) is 24.3 Å². The summed E-state index contributed by atoms with van der Waals surface area (Å²) in [6, 6.07) is 5.07. The molecule has 19 heavy (non-hydrogen) atoms. The standard InChI is InChI=1S/C14H17Cl2NO2/c1-2-13(5-6-18)17-14(19)4-3-10-7-11(15)9-12(16)8-10/h3-4,7-9,13,18H,2,5-6H2,1H3,(H,17,19)/b4-3+. The molecule has 1 aromatic rings. The van der Waals surface area contributed by atoms with Crippen LogP contribution in [0.25, 0.3) is 6.08 Å². The molecule has 0 aliphatic rings. The van der Waals surface area contributed by atoms with Crippen LogP contribution in [0, 0.1) is 0 Å². The van der Waals surface area contributed by atoms with Crippen LogP contribution in [0.4, 0.5) is 0 Å². The summed E-state index contributed by atoms with van der Waals surface area (Å²) in [5.41, 5.74) is 0.767. The van der Waals surface area contributed by atoms with Gasteiger partial charge in [-0.05, 0) is 42.7 Å². The summed E-state index contributed by atoms with van der Waals surface area (Å²) in [4.78, 5) is 11.7. The van der Waals surface area contributed by atoms with Crippen molar-refractivity contribution in [1.29, 1.82) is 0 Å². The number of nitrogens with one attached hydrogen (secondary N) is 1. The molecule has 0 fully saturated rings. The second-order valence-electron chi connectivity index (χ2n) is 4.16. The van der Waals surface area contributed by atoms with E-state index in [9.17, 15) is 4.79 Å². The SMILES string of the molecule is CCC(CCO)NC(=O)/C=C/c1cc(Cl)cc(Cl)c1. The monoisotopic (exact) mass is 301 g/mol. The Kier molecular flexibility index (Phi) is 6.92. The number of halogens is 2. The summed E-state index contributed by atoms with van der Waals surface area (Å²) in [7, 11) is 0. The second-order valence-corrected chi connectivity index (χ2v) is 5.04. The van der Waals surface area contributed by atoms with Crippen molar-refractivity contribution in [3.05, 3.63) is 39.9 Å². The molecular weight excluding hydrogens is 285 g/mol. The van der Waals surface area contributed by atoms with Gasteiger partial charge in [-0.1, -0.05) is 30.1 Å². The number of carbonyl (C=O) groups excluding carboxylic acids is 1. The zero-order valence-electron chi connectivity index (χ0n) is 10.7. The van der Waals surface area contributed by atoms with Gasteiger partial charge in [-0.3, -0.25) is 4.79 Å². The summed E-state index contributed by atoms with van der Waals surface area (Å²) >= 11 is 11.7. The number of rotatable bonds is 6. The summed E-state index contributed by atoms with van der Waals surface area (Å²) < 4.78 is 0. The maximum atomic E-state index is 11.7. The highest BCUT2D eigenvalue weighted by Crippen LogP contribution is 2.19. The van der Waals surface area contributed by atoms with Crippen molar-refractivity contribution in [3.63, 3.8) is 0 Å². The van der Waals surface area contributed by atoms with Crippen LogP contribution >= 0.6 is 23.2 Å². The first-order valence-electron chi connectivity index (χ1n) is 6.10. The fraction of sp³-hybridized carbons (Fsp3) is 0.357. The van der Waals surface area contributed by atoms with E-state index in [1.165, 1.54) is 6.08 Å². The van der Waals surface area contributed by atoms with Crippen LogP contribution in [0.2, 0.25) is 10.0 Å². The molecule has 0 saturated heterocycles. The van der Waals surface area contributed by atoms with E-state index in [-0.39, 0.29) is 18.6 Å². The Bertz CT molecular complexity index is 441. The lowest BCUT2D eigenvalue weighted by atomic mass is 10.1. The van der Waals surface area contributed by atoms with Gasteiger partial charge in [0.15, 0.2) is 0 Å². The third-order valence-corrected chi connectivity index (χ3v) is 3.07. The predicted octanol–water partition coefficient (Wildman–Crippen LogP) is 3.28. The minimum Gasteiger partial charge on any atom is -0.396 e. The molecule has 0 radical (unpaired) electrons. The normalized spacial score (nSPS) is 12.6. The van der Waals surface area contributed by atoms with Crippen LogP contribution in [0.3, 0.4) is 0 Å². The van der Waals surface area contributed by atoms with Crippen LogP contribution in [0.1, 0.15) is 25.3 Å². The van der Waals surface area contributed by atoms with E-state index in [2.05, 4.69) is 5.32 Å². The fourth-order valence-electron chi connectivity index (χ4n) is 1.63. The minimum atomic E-state index is -0.198. The Morgan fingerprint density at radius 3 is 2.53 bits per heavy atom. The summed E-state index contributed by atoms with van der Waals surface area (Å²) in [5.74, 6) is -0.198. The van der Waals surface area contributed by atoms with Crippen molar-refractivity contribution in [2.75, 3.05) is 6.61 Å². The number of benzene rings is 1. The van der Waals surface area contributed by atoms with Gasteiger partial charge in [-0.15, -0.1) is 0 Å². The van der Waals surface area contributed by atoms with E-state index in [0.717, 1.165) is 12.0 Å². The molecule has 104 valence electrons. The van der Waals surface area contributed by atoms with Crippen molar-refractivity contribution in [3.8, 4) is 0 Å². The van der Waals surface area contributed by atoms with Gasteiger partial charge in [0.05, 0.1) is 0 Å².